The topological polar surface area (TPSA) is 86.5 Å². The van der Waals surface area contributed by atoms with Gasteiger partial charge in [-0.25, -0.2) is 0 Å². The first-order valence-corrected chi connectivity index (χ1v) is 9.66. The van der Waals surface area contributed by atoms with E-state index >= 15 is 0 Å². The van der Waals surface area contributed by atoms with Crippen LogP contribution in [0.2, 0.25) is 0 Å². The van der Waals surface area contributed by atoms with Crippen LogP contribution in [0.15, 0.2) is 47.0 Å². The number of carbonyl (C=O) groups excluding carboxylic acids is 1. The van der Waals surface area contributed by atoms with Gasteiger partial charge in [0.1, 0.15) is 0 Å². The lowest BCUT2D eigenvalue weighted by atomic mass is 10.0. The minimum Gasteiger partial charge on any atom is -0.454 e. The van der Waals surface area contributed by atoms with Crippen LogP contribution in [0, 0.1) is 0 Å². The minimum absolute atomic E-state index is 0.0799. The molecule has 0 radical (unpaired) electrons. The number of fused-ring (bicyclic) bond motifs is 1. The first-order chi connectivity index (χ1) is 14.1. The molecule has 0 unspecified atom stereocenters. The molecule has 1 aliphatic heterocycles. The third kappa shape index (κ3) is 4.56. The molecular formula is C22H23N3O4. The normalized spacial score (nSPS) is 12.4. The molecule has 0 saturated heterocycles. The van der Waals surface area contributed by atoms with Crippen LogP contribution in [0.25, 0.3) is 11.4 Å². The Bertz CT molecular complexity index is 996. The van der Waals surface area contributed by atoms with Gasteiger partial charge >= 0.3 is 0 Å². The number of ether oxygens (including phenoxy) is 2. The summed E-state index contributed by atoms with van der Waals surface area (Å²) in [6, 6.07) is 13.7. The largest absolute Gasteiger partial charge is 0.454 e. The summed E-state index contributed by atoms with van der Waals surface area (Å²) in [5, 5.41) is 6.91. The zero-order valence-corrected chi connectivity index (χ0v) is 16.5. The molecule has 2 aromatic carbocycles. The van der Waals surface area contributed by atoms with Crippen LogP contribution < -0.4 is 14.8 Å². The van der Waals surface area contributed by atoms with Crippen molar-refractivity contribution in [2.75, 3.05) is 6.79 Å². The average molecular weight is 393 g/mol. The fourth-order valence-electron chi connectivity index (χ4n) is 3.05. The lowest BCUT2D eigenvalue weighted by molar-refractivity contribution is -0.121. The number of hydrogen-bond acceptors (Lipinski definition) is 6. The summed E-state index contributed by atoms with van der Waals surface area (Å²) >= 11 is 0. The molecule has 4 rings (SSSR count). The van der Waals surface area contributed by atoms with Gasteiger partial charge in [0.2, 0.25) is 24.4 Å². The van der Waals surface area contributed by atoms with Gasteiger partial charge in [-0.2, -0.15) is 4.98 Å². The molecule has 0 saturated carbocycles. The highest BCUT2D eigenvalue weighted by Gasteiger charge is 2.14. The standard InChI is InChI=1S/C22H23N3O4/c1-14(2)16-4-6-17(7-5-16)22-24-21(29-25-22)10-9-20(26)23-12-15-3-8-18-19(11-15)28-13-27-18/h3-8,11,14H,9-10,12-13H2,1-2H3,(H,23,26). The van der Waals surface area contributed by atoms with Crippen molar-refractivity contribution >= 4 is 5.91 Å². The third-order valence-electron chi connectivity index (χ3n) is 4.80. The SMILES string of the molecule is CC(C)c1ccc(-c2noc(CCC(=O)NCc3ccc4c(c3)OCO4)n2)cc1. The summed E-state index contributed by atoms with van der Waals surface area (Å²) in [4.78, 5) is 16.5. The van der Waals surface area contributed by atoms with E-state index < -0.39 is 0 Å². The number of rotatable bonds is 7. The lowest BCUT2D eigenvalue weighted by Gasteiger charge is -2.05. The van der Waals surface area contributed by atoms with Crippen LogP contribution in [0.3, 0.4) is 0 Å². The van der Waals surface area contributed by atoms with E-state index in [2.05, 4.69) is 41.4 Å². The maximum atomic E-state index is 12.1. The predicted octanol–water partition coefficient (Wildman–Crippen LogP) is 3.84. The van der Waals surface area contributed by atoms with Crippen molar-refractivity contribution in [1.29, 1.82) is 0 Å². The van der Waals surface area contributed by atoms with Gasteiger partial charge in [-0.05, 0) is 29.2 Å². The molecular weight excluding hydrogens is 370 g/mol. The van der Waals surface area contributed by atoms with E-state index in [1.807, 2.05) is 30.3 Å². The Hall–Kier alpha value is -3.35. The van der Waals surface area contributed by atoms with Crippen molar-refractivity contribution in [2.24, 2.45) is 0 Å². The number of amides is 1. The number of carbonyl (C=O) groups is 1. The molecule has 3 aromatic rings. The zero-order valence-electron chi connectivity index (χ0n) is 16.5. The molecule has 7 nitrogen and oxygen atoms in total. The number of benzene rings is 2. The Balaban J connectivity index is 1.27. The number of hydrogen-bond donors (Lipinski definition) is 1. The molecule has 1 aromatic heterocycles. The van der Waals surface area contributed by atoms with Gasteiger partial charge in [0.05, 0.1) is 0 Å². The summed E-state index contributed by atoms with van der Waals surface area (Å²) in [5.41, 5.74) is 3.11. The molecule has 1 N–H and O–H groups in total. The molecule has 1 aliphatic rings. The second-order valence-corrected chi connectivity index (χ2v) is 7.25. The quantitative estimate of drug-likeness (QED) is 0.656. The van der Waals surface area contributed by atoms with Crippen molar-refractivity contribution in [3.63, 3.8) is 0 Å². The van der Waals surface area contributed by atoms with Crippen molar-refractivity contribution in [1.82, 2.24) is 15.5 Å². The summed E-state index contributed by atoms with van der Waals surface area (Å²) in [6.45, 7) is 4.96. The van der Waals surface area contributed by atoms with Gasteiger partial charge in [0.25, 0.3) is 0 Å². The Labute approximate surface area is 169 Å². The minimum atomic E-state index is -0.0799. The van der Waals surface area contributed by atoms with E-state index in [1.165, 1.54) is 5.56 Å². The highest BCUT2D eigenvalue weighted by molar-refractivity contribution is 5.76. The highest BCUT2D eigenvalue weighted by atomic mass is 16.7. The predicted molar refractivity (Wildman–Crippen MR) is 107 cm³/mol. The number of aryl methyl sites for hydroxylation is 1. The van der Waals surface area contributed by atoms with Gasteiger partial charge in [0, 0.05) is 24.9 Å². The van der Waals surface area contributed by atoms with Crippen LogP contribution in [0.4, 0.5) is 0 Å². The molecule has 0 bridgehead atoms. The second-order valence-electron chi connectivity index (χ2n) is 7.25. The van der Waals surface area contributed by atoms with Gasteiger partial charge < -0.3 is 19.3 Å². The van der Waals surface area contributed by atoms with Crippen LogP contribution >= 0.6 is 0 Å². The molecule has 29 heavy (non-hydrogen) atoms. The van der Waals surface area contributed by atoms with Gasteiger partial charge in [-0.3, -0.25) is 4.79 Å². The molecule has 0 aliphatic carbocycles. The van der Waals surface area contributed by atoms with Gasteiger partial charge in [0.15, 0.2) is 11.5 Å². The molecule has 0 spiro atoms. The Morgan fingerprint density at radius 2 is 1.90 bits per heavy atom. The summed E-state index contributed by atoms with van der Waals surface area (Å²) in [7, 11) is 0. The Morgan fingerprint density at radius 1 is 1.10 bits per heavy atom. The fraction of sp³-hybridized carbons (Fsp3) is 0.318. The molecule has 2 heterocycles. The third-order valence-corrected chi connectivity index (χ3v) is 4.80. The van der Waals surface area contributed by atoms with Crippen LogP contribution in [0.5, 0.6) is 11.5 Å². The number of nitrogens with one attached hydrogen (secondary N) is 1. The van der Waals surface area contributed by atoms with Gasteiger partial charge in [-0.1, -0.05) is 49.3 Å². The van der Waals surface area contributed by atoms with Crippen molar-refractivity contribution in [3.8, 4) is 22.9 Å². The second kappa shape index (κ2) is 8.34. The maximum Gasteiger partial charge on any atom is 0.231 e. The van der Waals surface area contributed by atoms with E-state index in [9.17, 15) is 4.79 Å². The fourth-order valence-corrected chi connectivity index (χ4v) is 3.05. The maximum absolute atomic E-state index is 12.1. The zero-order chi connectivity index (χ0) is 20.2. The molecule has 0 fully saturated rings. The first-order valence-electron chi connectivity index (χ1n) is 9.66. The van der Waals surface area contributed by atoms with Crippen molar-refractivity contribution < 1.29 is 18.8 Å². The Kier molecular flexibility index (Phi) is 5.46. The molecule has 7 heteroatoms. The van der Waals surface area contributed by atoms with Crippen LogP contribution in [-0.4, -0.2) is 22.8 Å². The monoisotopic (exact) mass is 393 g/mol. The summed E-state index contributed by atoms with van der Waals surface area (Å²) in [6.07, 6.45) is 0.669. The molecule has 0 atom stereocenters. The van der Waals surface area contributed by atoms with Crippen molar-refractivity contribution in [2.45, 2.75) is 39.2 Å². The van der Waals surface area contributed by atoms with E-state index in [4.69, 9.17) is 14.0 Å². The van der Waals surface area contributed by atoms with Crippen LogP contribution in [0.1, 0.15) is 43.2 Å². The summed E-state index contributed by atoms with van der Waals surface area (Å²) in [5.74, 6) is 2.81. The van der Waals surface area contributed by atoms with E-state index in [-0.39, 0.29) is 19.1 Å². The van der Waals surface area contributed by atoms with E-state index in [0.717, 1.165) is 16.9 Å². The molecule has 1 amide bonds. The van der Waals surface area contributed by atoms with E-state index in [0.29, 0.717) is 36.3 Å². The number of nitrogens with zero attached hydrogens (tertiary/aromatic N) is 2. The lowest BCUT2D eigenvalue weighted by Crippen LogP contribution is -2.23. The molecule has 150 valence electrons. The average Bonchev–Trinajstić information content (AvgIpc) is 3.39. The van der Waals surface area contributed by atoms with Crippen LogP contribution in [-0.2, 0) is 17.8 Å². The number of aromatic nitrogens is 2. The summed E-state index contributed by atoms with van der Waals surface area (Å²) < 4.78 is 15.9. The van der Waals surface area contributed by atoms with Gasteiger partial charge in [-0.15, -0.1) is 0 Å². The smallest absolute Gasteiger partial charge is 0.231 e. The first kappa shape index (κ1) is 19.0. The Morgan fingerprint density at radius 3 is 2.69 bits per heavy atom. The van der Waals surface area contributed by atoms with E-state index in [1.54, 1.807) is 0 Å². The highest BCUT2D eigenvalue weighted by Crippen LogP contribution is 2.32. The van der Waals surface area contributed by atoms with Crippen molar-refractivity contribution in [3.05, 3.63) is 59.5 Å².